The average molecular weight is 288 g/mol. The summed E-state index contributed by atoms with van der Waals surface area (Å²) in [4.78, 5) is 4.93. The van der Waals surface area contributed by atoms with Gasteiger partial charge < -0.3 is 22.3 Å². The minimum absolute atomic E-state index is 0.118. The van der Waals surface area contributed by atoms with E-state index in [1.165, 1.54) is 0 Å². The molecule has 0 spiro atoms. The van der Waals surface area contributed by atoms with Gasteiger partial charge in [0.2, 0.25) is 0 Å². The molecule has 5 nitrogen and oxygen atoms in total. The number of rotatable bonds is 2. The number of aromatic hydroxyl groups is 1. The largest absolute Gasteiger partial charge is 0.507 e. The monoisotopic (exact) mass is 288 g/mol. The van der Waals surface area contributed by atoms with Crippen LogP contribution in [0.1, 0.15) is 5.56 Å². The van der Waals surface area contributed by atoms with Crippen LogP contribution in [0.15, 0.2) is 41.6 Å². The molecule has 2 rings (SSSR count). The second-order valence-electron chi connectivity index (χ2n) is 4.17. The van der Waals surface area contributed by atoms with Gasteiger partial charge in [0.1, 0.15) is 11.6 Å². The van der Waals surface area contributed by atoms with E-state index < -0.39 is 0 Å². The van der Waals surface area contributed by atoms with Gasteiger partial charge in [0.15, 0.2) is 0 Å². The van der Waals surface area contributed by atoms with Gasteiger partial charge in [-0.15, -0.1) is 11.8 Å². The van der Waals surface area contributed by atoms with E-state index >= 15 is 0 Å². The maximum atomic E-state index is 10.1. The first-order chi connectivity index (χ1) is 9.54. The van der Waals surface area contributed by atoms with Gasteiger partial charge in [-0.1, -0.05) is 0 Å². The molecular weight excluding hydrogens is 272 g/mol. The van der Waals surface area contributed by atoms with Crippen LogP contribution in [0.25, 0.3) is 11.5 Å². The third-order valence-electron chi connectivity index (χ3n) is 2.92. The molecule has 0 atom stereocenters. The lowest BCUT2D eigenvalue weighted by Gasteiger charge is -2.07. The van der Waals surface area contributed by atoms with Gasteiger partial charge in [0.25, 0.3) is 0 Å². The van der Waals surface area contributed by atoms with Crippen LogP contribution in [0.4, 0.5) is 0 Å². The zero-order valence-electron chi connectivity index (χ0n) is 11.0. The topological polar surface area (TPSA) is 111 Å². The first-order valence-electron chi connectivity index (χ1n) is 5.87. The van der Waals surface area contributed by atoms with Gasteiger partial charge in [-0.3, -0.25) is 4.98 Å². The van der Waals surface area contributed by atoms with Crippen LogP contribution in [-0.4, -0.2) is 16.3 Å². The van der Waals surface area contributed by atoms with Crippen LogP contribution in [0.5, 0.6) is 5.75 Å². The molecule has 7 N–H and O–H groups in total. The molecule has 0 aliphatic rings. The maximum Gasteiger partial charge on any atom is 0.126 e. The van der Waals surface area contributed by atoms with Crippen molar-refractivity contribution in [1.29, 1.82) is 0 Å². The highest BCUT2D eigenvalue weighted by Crippen LogP contribution is 2.26. The van der Waals surface area contributed by atoms with Gasteiger partial charge in [0, 0.05) is 33.3 Å². The molecule has 0 aliphatic carbocycles. The van der Waals surface area contributed by atoms with Gasteiger partial charge in [-0.2, -0.15) is 0 Å². The van der Waals surface area contributed by atoms with Crippen molar-refractivity contribution in [2.75, 3.05) is 6.26 Å². The lowest BCUT2D eigenvalue weighted by atomic mass is 10.1. The highest BCUT2D eigenvalue weighted by Gasteiger charge is 2.07. The number of phenols is 1. The molecule has 0 unspecified atom stereocenters. The summed E-state index contributed by atoms with van der Waals surface area (Å²) >= 11 is 1.54. The van der Waals surface area contributed by atoms with Crippen molar-refractivity contribution in [2.24, 2.45) is 17.2 Å². The molecule has 0 bridgehead atoms. The Bertz CT molecular complexity index is 754. The summed E-state index contributed by atoms with van der Waals surface area (Å²) in [6.07, 6.45) is 5.08. The predicted octanol–water partition coefficient (Wildman–Crippen LogP) is -0.393. The fourth-order valence-electron chi connectivity index (χ4n) is 1.87. The van der Waals surface area contributed by atoms with E-state index in [4.69, 9.17) is 17.2 Å². The van der Waals surface area contributed by atoms with E-state index in [9.17, 15) is 5.11 Å². The number of aromatic nitrogens is 1. The Morgan fingerprint density at radius 1 is 1.15 bits per heavy atom. The molecule has 0 radical (unpaired) electrons. The number of hydrogen-bond donors (Lipinski definition) is 4. The van der Waals surface area contributed by atoms with E-state index in [2.05, 4.69) is 4.98 Å². The first kappa shape index (κ1) is 14.1. The van der Waals surface area contributed by atoms with Crippen molar-refractivity contribution in [3.8, 4) is 5.75 Å². The van der Waals surface area contributed by atoms with Gasteiger partial charge in [-0.05, 0) is 30.5 Å². The molecule has 0 fully saturated rings. The standard InChI is InChI=1S/C14H16N4OS/c1-20-8-2-3-10(12(19)6-8)13(15)9-4-5-18-7-11(9)14(16)17/h2-7,19H,15-17H2,1H3/b13-9-. The Kier molecular flexibility index (Phi) is 4.05. The maximum absolute atomic E-state index is 10.1. The van der Waals surface area contributed by atoms with Crippen LogP contribution >= 0.6 is 11.8 Å². The molecule has 6 heteroatoms. The fraction of sp³-hybridized carbons (Fsp3) is 0.0714. The van der Waals surface area contributed by atoms with E-state index in [0.29, 0.717) is 21.7 Å². The molecule has 0 aliphatic heterocycles. The van der Waals surface area contributed by atoms with Crippen LogP contribution in [0.3, 0.4) is 0 Å². The van der Waals surface area contributed by atoms with E-state index in [1.807, 2.05) is 12.3 Å². The smallest absolute Gasteiger partial charge is 0.126 e. The zero-order valence-corrected chi connectivity index (χ0v) is 11.8. The Labute approximate surface area is 120 Å². The van der Waals surface area contributed by atoms with Crippen molar-refractivity contribution in [1.82, 2.24) is 4.98 Å². The second kappa shape index (κ2) is 5.75. The highest BCUT2D eigenvalue weighted by molar-refractivity contribution is 7.98. The minimum Gasteiger partial charge on any atom is -0.507 e. The number of nitrogens with two attached hydrogens (primary N) is 3. The summed E-state index contributed by atoms with van der Waals surface area (Å²) < 4.78 is 0. The number of pyridine rings is 1. The zero-order chi connectivity index (χ0) is 14.7. The molecule has 2 aromatic rings. The molecule has 20 heavy (non-hydrogen) atoms. The number of benzene rings is 1. The normalized spacial score (nSPS) is 12.1. The van der Waals surface area contributed by atoms with Crippen molar-refractivity contribution < 1.29 is 5.11 Å². The van der Waals surface area contributed by atoms with Crippen molar-refractivity contribution >= 4 is 23.3 Å². The number of thioether (sulfide) groups is 1. The lowest BCUT2D eigenvalue weighted by molar-refractivity contribution is 0.472. The Hall–Kier alpha value is -2.34. The Morgan fingerprint density at radius 3 is 2.50 bits per heavy atom. The van der Waals surface area contributed by atoms with E-state index in [1.54, 1.807) is 42.4 Å². The number of nitrogens with zero attached hydrogens (tertiary/aromatic N) is 1. The molecule has 0 saturated heterocycles. The van der Waals surface area contributed by atoms with Crippen molar-refractivity contribution in [3.63, 3.8) is 0 Å². The van der Waals surface area contributed by atoms with Gasteiger partial charge in [-0.25, -0.2) is 0 Å². The van der Waals surface area contributed by atoms with Crippen LogP contribution in [0, 0.1) is 0 Å². The predicted molar refractivity (Wildman–Crippen MR) is 81.9 cm³/mol. The summed E-state index contributed by atoms with van der Waals surface area (Å²) in [6, 6.07) is 7.05. The molecular formula is C14H16N4OS. The van der Waals surface area contributed by atoms with Crippen LogP contribution < -0.4 is 27.6 Å². The summed E-state index contributed by atoms with van der Waals surface area (Å²) in [5.74, 6) is 0.254. The molecule has 0 saturated carbocycles. The van der Waals surface area contributed by atoms with E-state index in [0.717, 1.165) is 4.90 Å². The summed E-state index contributed by atoms with van der Waals surface area (Å²) in [5.41, 5.74) is 18.4. The summed E-state index contributed by atoms with van der Waals surface area (Å²) in [6.45, 7) is 0. The van der Waals surface area contributed by atoms with E-state index in [-0.39, 0.29) is 11.6 Å². The fourth-order valence-corrected chi connectivity index (χ4v) is 2.30. The average Bonchev–Trinajstić information content (AvgIpc) is 2.46. The van der Waals surface area contributed by atoms with Crippen molar-refractivity contribution in [2.45, 2.75) is 4.90 Å². The SMILES string of the molecule is CSc1ccc(/C(N)=c2\ccncc2=C(N)N)c(O)c1. The first-order valence-corrected chi connectivity index (χ1v) is 7.09. The molecule has 1 aromatic heterocycles. The van der Waals surface area contributed by atoms with Gasteiger partial charge >= 0.3 is 0 Å². The summed E-state index contributed by atoms with van der Waals surface area (Å²) in [7, 11) is 0. The summed E-state index contributed by atoms with van der Waals surface area (Å²) in [5, 5.41) is 11.3. The molecule has 104 valence electrons. The second-order valence-corrected chi connectivity index (χ2v) is 5.05. The lowest BCUT2D eigenvalue weighted by Crippen LogP contribution is -2.36. The quantitative estimate of drug-likeness (QED) is 0.560. The number of hydrogen-bond acceptors (Lipinski definition) is 6. The third kappa shape index (κ3) is 2.65. The Balaban J connectivity index is 2.77. The van der Waals surface area contributed by atoms with Crippen LogP contribution in [-0.2, 0) is 0 Å². The molecule has 0 amide bonds. The van der Waals surface area contributed by atoms with Gasteiger partial charge in [0.05, 0.1) is 5.70 Å². The van der Waals surface area contributed by atoms with Crippen LogP contribution in [0.2, 0.25) is 0 Å². The minimum atomic E-state index is 0.118. The third-order valence-corrected chi connectivity index (χ3v) is 3.64. The number of phenolic OH excluding ortho intramolecular Hbond substituents is 1. The molecule has 1 aromatic carbocycles. The van der Waals surface area contributed by atoms with Crippen molar-refractivity contribution in [3.05, 3.63) is 52.7 Å². The highest BCUT2D eigenvalue weighted by atomic mass is 32.2. The molecule has 1 heterocycles. The Morgan fingerprint density at radius 2 is 1.90 bits per heavy atom.